The topological polar surface area (TPSA) is 545 Å². The van der Waals surface area contributed by atoms with Gasteiger partial charge in [-0.25, -0.2) is 78.3 Å². The van der Waals surface area contributed by atoms with Gasteiger partial charge >= 0.3 is 86.9 Å². The monoisotopic (exact) mass is 1460 g/mol. The molecular formula is C48H66Cl4F8N8O26. The first-order valence-corrected chi connectivity index (χ1v) is 27.1. The summed E-state index contributed by atoms with van der Waals surface area (Å²) in [5.41, 5.74) is 10.3. The van der Waals surface area contributed by atoms with E-state index in [-0.39, 0.29) is 100 Å². The van der Waals surface area contributed by atoms with Crippen LogP contribution in [-0.4, -0.2) is 152 Å². The minimum atomic E-state index is -3.42. The van der Waals surface area contributed by atoms with Gasteiger partial charge in [0.25, 0.3) is 25.7 Å². The zero-order chi connectivity index (χ0) is 74.3. The third-order valence-corrected chi connectivity index (χ3v) is 11.4. The second-order valence-corrected chi connectivity index (χ2v) is 17.9. The second kappa shape index (κ2) is 50.7. The van der Waals surface area contributed by atoms with Crippen molar-refractivity contribution in [2.45, 2.75) is 140 Å². The molecule has 0 aromatic carbocycles. The number of carbonyl (C=O) groups is 8. The van der Waals surface area contributed by atoms with Crippen LogP contribution in [0.3, 0.4) is 0 Å². The summed E-state index contributed by atoms with van der Waals surface area (Å²) in [5, 5.41) is 22.5. The molecule has 0 saturated carbocycles. The summed E-state index contributed by atoms with van der Waals surface area (Å²) >= 11 is 9.97. The number of aliphatic hydroxyl groups is 1. The van der Waals surface area contributed by atoms with E-state index in [1.165, 1.54) is 13.8 Å². The van der Waals surface area contributed by atoms with E-state index in [2.05, 4.69) is 86.4 Å². The van der Waals surface area contributed by atoms with Crippen molar-refractivity contribution < 1.29 is 143 Å². The van der Waals surface area contributed by atoms with E-state index in [1.54, 1.807) is 17.6 Å². The maximum atomic E-state index is 13.9. The number of esters is 3. The van der Waals surface area contributed by atoms with E-state index >= 15 is 0 Å². The number of halogens is 12. The average molecular weight is 1460 g/mol. The molecule has 4 atom stereocenters. The van der Waals surface area contributed by atoms with E-state index in [0.29, 0.717) is 5.76 Å². The number of methoxy groups -OCH3 is 3. The summed E-state index contributed by atoms with van der Waals surface area (Å²) in [5.74, 6) is -7.86. The summed E-state index contributed by atoms with van der Waals surface area (Å²) in [4.78, 5) is 122. The van der Waals surface area contributed by atoms with Crippen LogP contribution in [-0.2, 0) is 72.0 Å². The van der Waals surface area contributed by atoms with Crippen molar-refractivity contribution in [1.29, 1.82) is 0 Å². The van der Waals surface area contributed by atoms with Crippen molar-refractivity contribution in [2.24, 2.45) is 22.9 Å². The molecule has 4 unspecified atom stereocenters. The molecule has 94 heavy (non-hydrogen) atoms. The molecule has 4 amide bonds. The van der Waals surface area contributed by atoms with Crippen molar-refractivity contribution in [3.63, 3.8) is 0 Å². The first kappa shape index (κ1) is 95.0. The van der Waals surface area contributed by atoms with Crippen LogP contribution in [0.25, 0.3) is 0 Å². The Bertz CT molecular complexity index is 2960. The molecule has 3 heterocycles. The number of carboxylic acid groups (broad SMARTS) is 1. The Morgan fingerprint density at radius 3 is 1.14 bits per heavy atom. The number of carbonyl (C=O) groups excluding carboxylic acids is 7. The molecule has 46 heteroatoms. The van der Waals surface area contributed by atoms with Gasteiger partial charge in [0.15, 0.2) is 58.6 Å². The van der Waals surface area contributed by atoms with Crippen molar-refractivity contribution >= 4 is 91.7 Å². The standard InChI is InChI=1S/C19H22F2N2O12.C9H12Cl2F2N2O4.C7H14F2N2O2.C6H12F2N2O2.C5H6O4.2CO.Cl2/c1-9-11(34-17(27)32-9)7-30-15(25)22-6-4-5-19(13(20)21,14(24)29-3)23-16(26)31-8-12-10(2)33-18(28)35-12;1-19-6(16)9(5(12)13,15-8(11)18)3-2-4-14-7(10)17;1-13-6(12)7(11,5(8)9)3-2-4-10;7-4(8)6(10,5(11)12)2-1-3-9;1-3-4(2-6)9-5(7)8-3;3*1-2/h13H,4-8H2,1-3H3,(H,22,25)(H,23,26);5H,2-4H2,1H3,(H,14,17)(H,15,18);5H,2-4,10-11H2,1H3;4H,1-3,9-10H2,(H,11,12);6H,2H2,1H3;;;. The van der Waals surface area contributed by atoms with Gasteiger partial charge in [-0.15, -0.1) is 0 Å². The number of nitrogens with one attached hydrogen (secondary N) is 4. The number of alkyl halides is 8. The Morgan fingerprint density at radius 2 is 0.862 bits per heavy atom. The average Bonchev–Trinajstić information content (AvgIpc) is 1.04. The molecule has 0 bridgehead atoms. The van der Waals surface area contributed by atoms with Crippen LogP contribution in [0, 0.1) is 34.1 Å². The van der Waals surface area contributed by atoms with Crippen LogP contribution < -0.4 is 61.7 Å². The Kier molecular flexibility index (Phi) is 51.2. The van der Waals surface area contributed by atoms with E-state index in [0.717, 1.165) is 21.3 Å². The quantitative estimate of drug-likeness (QED) is 0.00676. The van der Waals surface area contributed by atoms with E-state index in [9.17, 15) is 87.9 Å². The number of rotatable bonds is 29. The van der Waals surface area contributed by atoms with Crippen molar-refractivity contribution in [2.75, 3.05) is 47.5 Å². The van der Waals surface area contributed by atoms with Gasteiger partial charge < -0.3 is 105 Å². The Labute approximate surface area is 544 Å². The zero-order valence-corrected chi connectivity index (χ0v) is 53.0. The zero-order valence-electron chi connectivity index (χ0n) is 50.0. The molecule has 538 valence electrons. The molecule has 3 aromatic heterocycles. The maximum absolute atomic E-state index is 13.9. The van der Waals surface area contributed by atoms with Gasteiger partial charge in [0, 0.05) is 34.8 Å². The number of amides is 4. The number of alkyl carbamates (subject to hydrolysis) is 2. The number of aliphatic hydroxyl groups excluding tert-OH is 1. The van der Waals surface area contributed by atoms with Crippen molar-refractivity contribution in [3.05, 3.63) is 79.7 Å². The van der Waals surface area contributed by atoms with Crippen LogP contribution in [0.2, 0.25) is 0 Å². The Hall–Kier alpha value is -7.73. The van der Waals surface area contributed by atoms with E-state index < -0.39 is 138 Å². The summed E-state index contributed by atoms with van der Waals surface area (Å²) in [6.07, 6.45) is -16.5. The molecule has 0 aliphatic rings. The number of aryl methyl sites for hydroxylation is 3. The van der Waals surface area contributed by atoms with Crippen LogP contribution in [0.15, 0.2) is 40.9 Å². The van der Waals surface area contributed by atoms with E-state index in [1.807, 2.05) is 0 Å². The Morgan fingerprint density at radius 1 is 0.521 bits per heavy atom. The van der Waals surface area contributed by atoms with Crippen LogP contribution >= 0.6 is 44.9 Å². The number of ether oxygens (including phenoxy) is 5. The normalized spacial score (nSPS) is 12.7. The fourth-order valence-corrected chi connectivity index (χ4v) is 6.50. The van der Waals surface area contributed by atoms with Crippen molar-refractivity contribution in [1.82, 2.24) is 21.3 Å². The first-order valence-electron chi connectivity index (χ1n) is 25.2. The number of nitrogens with two attached hydrogens (primary N) is 4. The van der Waals surface area contributed by atoms with Gasteiger partial charge in [0.2, 0.25) is 5.54 Å². The number of aliphatic carboxylic acids is 1. The van der Waals surface area contributed by atoms with Gasteiger partial charge in [-0.3, -0.25) is 9.59 Å². The minimum absolute atomic E-state index is 0.0129. The van der Waals surface area contributed by atoms with Crippen molar-refractivity contribution in [3.8, 4) is 0 Å². The SMILES string of the molecule is COC(=O)C(CCCNC(=O)Cl)(NC(=O)Cl)C(F)F.COC(=O)C(CCCNC(=O)OCc1oc(=O)oc1C)(NC(=O)OCc1oc(=O)oc1C)C(F)F.COC(=O)C(N)(CCCN)C(F)F.Cc1oc(=O)oc1CO.ClCl.NCCCC(N)(C(=O)O)C(F)F.[C-]#[O+].[C-]#[O+]. The van der Waals surface area contributed by atoms with E-state index in [4.69, 9.17) is 75.1 Å². The molecule has 34 nitrogen and oxygen atoms in total. The van der Waals surface area contributed by atoms with Gasteiger partial charge in [-0.05, 0) is 108 Å². The number of carboxylic acids is 1. The fraction of sp³-hybridized carbons (Fsp3) is 0.604. The summed E-state index contributed by atoms with van der Waals surface area (Å²) in [6, 6.07) is 0. The molecule has 0 radical (unpaired) electrons. The van der Waals surface area contributed by atoms with Crippen LogP contribution in [0.1, 0.15) is 85.9 Å². The summed E-state index contributed by atoms with van der Waals surface area (Å²) in [6.45, 7) is 12.0. The van der Waals surface area contributed by atoms with Gasteiger partial charge in [0.05, 0.1) is 21.3 Å². The van der Waals surface area contributed by atoms with Gasteiger partial charge in [0.1, 0.15) is 12.4 Å². The third kappa shape index (κ3) is 34.4. The summed E-state index contributed by atoms with van der Waals surface area (Å²) in [7, 11) is 11.0. The molecule has 0 fully saturated rings. The molecule has 14 N–H and O–H groups in total. The second-order valence-electron chi connectivity index (χ2n) is 17.3. The molecular weight excluding hydrogens is 1400 g/mol. The van der Waals surface area contributed by atoms with Crippen LogP contribution in [0.5, 0.6) is 0 Å². The molecule has 0 aliphatic heterocycles. The predicted molar refractivity (Wildman–Crippen MR) is 299 cm³/mol. The molecule has 3 rings (SSSR count). The predicted octanol–water partition coefficient (Wildman–Crippen LogP) is 4.32. The summed E-state index contributed by atoms with van der Waals surface area (Å²) < 4.78 is 168. The van der Waals surface area contributed by atoms with Gasteiger partial charge in [-0.1, -0.05) is 0 Å². The van der Waals surface area contributed by atoms with Crippen LogP contribution in [0.4, 0.5) is 54.3 Å². The van der Waals surface area contributed by atoms with Gasteiger partial charge in [-0.2, -0.15) is 0 Å². The number of hydrogen-bond acceptors (Lipinski definition) is 27. The number of hydrogen-bond donors (Lipinski definition) is 10. The molecule has 0 aliphatic carbocycles. The fourth-order valence-electron chi connectivity index (χ4n) is 6.24. The Balaban J connectivity index is -0.000000377. The first-order chi connectivity index (χ1) is 43.9. The molecule has 0 spiro atoms. The molecule has 0 saturated heterocycles. The molecule has 3 aromatic rings. The third-order valence-electron chi connectivity index (χ3n) is 11.2.